The van der Waals surface area contributed by atoms with Crippen molar-refractivity contribution in [2.75, 3.05) is 26.2 Å². The van der Waals surface area contributed by atoms with Gasteiger partial charge in [0.2, 0.25) is 0 Å². The van der Waals surface area contributed by atoms with Crippen molar-refractivity contribution in [2.45, 2.75) is 29.4 Å². The summed E-state index contributed by atoms with van der Waals surface area (Å²) in [6.07, 6.45) is 3.82. The molecule has 2 heterocycles. The van der Waals surface area contributed by atoms with Gasteiger partial charge in [0.15, 0.2) is 5.78 Å². The first-order chi connectivity index (χ1) is 17.1. The van der Waals surface area contributed by atoms with Crippen LogP contribution >= 0.6 is 11.8 Å². The number of benzene rings is 3. The lowest BCUT2D eigenvalue weighted by molar-refractivity contribution is 0.105. The average molecular weight is 488 g/mol. The maximum Gasteiger partial charge on any atom is 0.191 e. The molecule has 2 aliphatic heterocycles. The number of rotatable bonds is 7. The number of hydrogen-bond acceptors (Lipinski definition) is 5. The summed E-state index contributed by atoms with van der Waals surface area (Å²) < 4.78 is 19.5. The first-order valence-corrected chi connectivity index (χ1v) is 12.8. The van der Waals surface area contributed by atoms with Crippen molar-refractivity contribution in [1.82, 2.24) is 4.90 Å². The standard InChI is InChI=1S/C29H26FNO3S/c30-23-9-5-22(6-10-23)29-27(25-13-4-20(19-32)18-26(25)35-29)28(33)21-7-11-24(12-8-21)34-17-16-31-14-2-1-3-15-31/h4-13,18,29H,1-3,14-17H2. The Kier molecular flexibility index (Phi) is 7.14. The Morgan fingerprint density at radius 2 is 1.74 bits per heavy atom. The van der Waals surface area contributed by atoms with Gasteiger partial charge in [-0.2, -0.15) is 0 Å². The summed E-state index contributed by atoms with van der Waals surface area (Å²) in [6, 6.07) is 18.7. The molecule has 4 nitrogen and oxygen atoms in total. The highest BCUT2D eigenvalue weighted by Gasteiger charge is 2.31. The third kappa shape index (κ3) is 5.25. The predicted molar refractivity (Wildman–Crippen MR) is 135 cm³/mol. The van der Waals surface area contributed by atoms with Crippen LogP contribution in [-0.2, 0) is 4.79 Å². The van der Waals surface area contributed by atoms with E-state index >= 15 is 0 Å². The van der Waals surface area contributed by atoms with E-state index in [1.54, 1.807) is 42.5 Å². The van der Waals surface area contributed by atoms with Crippen molar-refractivity contribution in [1.29, 1.82) is 0 Å². The fourth-order valence-corrected chi connectivity index (χ4v) is 6.08. The Balaban J connectivity index is 1.38. The van der Waals surface area contributed by atoms with Crippen molar-refractivity contribution in [3.8, 4) is 5.75 Å². The number of ether oxygens (including phenoxy) is 1. The van der Waals surface area contributed by atoms with Gasteiger partial charge in [-0.05, 0) is 85.2 Å². The molecule has 1 atom stereocenters. The van der Waals surface area contributed by atoms with Gasteiger partial charge < -0.3 is 4.74 Å². The van der Waals surface area contributed by atoms with Crippen LogP contribution in [0.15, 0.2) is 71.6 Å². The Morgan fingerprint density at radius 3 is 2.46 bits per heavy atom. The van der Waals surface area contributed by atoms with E-state index < -0.39 is 0 Å². The van der Waals surface area contributed by atoms with Crippen molar-refractivity contribution in [3.05, 3.63) is 94.1 Å². The quantitative estimate of drug-likeness (QED) is 0.470. The minimum Gasteiger partial charge on any atom is -0.492 e. The SMILES string of the molecule is O=C=c1ccc2c(c1)SC(c1ccc(F)cc1)C=2C(=O)c1ccc(OCCN2CCCCC2)cc1. The molecule has 178 valence electrons. The summed E-state index contributed by atoms with van der Waals surface area (Å²) in [6.45, 7) is 3.80. The number of hydrogen-bond donors (Lipinski definition) is 0. The molecule has 0 N–H and O–H groups in total. The third-order valence-electron chi connectivity index (χ3n) is 6.56. The minimum absolute atomic E-state index is 0.0896. The van der Waals surface area contributed by atoms with Gasteiger partial charge >= 0.3 is 0 Å². The highest BCUT2D eigenvalue weighted by atomic mass is 32.2. The summed E-state index contributed by atoms with van der Waals surface area (Å²) in [5, 5.41) is 0.949. The number of fused-ring (bicyclic) bond motifs is 1. The van der Waals surface area contributed by atoms with E-state index in [0.717, 1.165) is 41.1 Å². The maximum absolute atomic E-state index is 13.7. The van der Waals surface area contributed by atoms with Crippen LogP contribution in [0.5, 0.6) is 5.75 Å². The molecule has 0 bridgehead atoms. The molecule has 1 fully saturated rings. The topological polar surface area (TPSA) is 46.6 Å². The van der Waals surface area contributed by atoms with Crippen LogP contribution < -0.4 is 15.2 Å². The van der Waals surface area contributed by atoms with E-state index in [4.69, 9.17) is 4.74 Å². The van der Waals surface area contributed by atoms with E-state index in [2.05, 4.69) is 4.90 Å². The predicted octanol–water partition coefficient (Wildman–Crippen LogP) is 4.07. The Labute approximate surface area is 208 Å². The fourth-order valence-electron chi connectivity index (χ4n) is 4.68. The van der Waals surface area contributed by atoms with Crippen molar-refractivity contribution in [3.63, 3.8) is 0 Å². The number of carbonyl (C=O) groups excluding carboxylic acids is 2. The molecule has 3 aromatic rings. The monoisotopic (exact) mass is 487 g/mol. The van der Waals surface area contributed by atoms with E-state index in [1.807, 2.05) is 18.1 Å². The van der Waals surface area contributed by atoms with Crippen LogP contribution in [0.4, 0.5) is 4.39 Å². The molecule has 0 spiro atoms. The summed E-state index contributed by atoms with van der Waals surface area (Å²) in [4.78, 5) is 28.1. The molecule has 2 aliphatic rings. The van der Waals surface area contributed by atoms with Gasteiger partial charge in [-0.3, -0.25) is 9.69 Å². The number of thioether (sulfide) groups is 1. The summed E-state index contributed by atoms with van der Waals surface area (Å²) >= 11 is 1.49. The first kappa shape index (κ1) is 23.6. The molecule has 1 saturated heterocycles. The fraction of sp³-hybridized carbons (Fsp3) is 0.276. The molecule has 3 aromatic carbocycles. The molecule has 0 aliphatic carbocycles. The normalized spacial score (nSPS) is 17.6. The lowest BCUT2D eigenvalue weighted by Gasteiger charge is -2.26. The van der Waals surface area contributed by atoms with Gasteiger partial charge in [0, 0.05) is 22.6 Å². The van der Waals surface area contributed by atoms with Crippen molar-refractivity contribution in [2.24, 2.45) is 0 Å². The Hall–Kier alpha value is -3.18. The van der Waals surface area contributed by atoms with Crippen LogP contribution in [-0.4, -0.2) is 42.9 Å². The molecule has 6 heteroatoms. The van der Waals surface area contributed by atoms with Crippen LogP contribution in [0.25, 0.3) is 5.57 Å². The molecule has 0 saturated carbocycles. The van der Waals surface area contributed by atoms with E-state index in [0.29, 0.717) is 23.0 Å². The lowest BCUT2D eigenvalue weighted by atomic mass is 9.94. The number of piperidine rings is 1. The minimum atomic E-state index is -0.323. The molecular formula is C29H26FNO3S. The molecule has 1 unspecified atom stereocenters. The number of Topliss-reactive ketones (excluding diaryl/α,β-unsaturated/α-hetero) is 1. The number of likely N-dealkylation sites (tertiary alicyclic amines) is 1. The zero-order valence-corrected chi connectivity index (χ0v) is 20.2. The average Bonchev–Trinajstić information content (AvgIpc) is 3.28. The summed E-state index contributed by atoms with van der Waals surface area (Å²) in [7, 11) is 0. The van der Waals surface area contributed by atoms with Crippen LogP contribution in [0, 0.1) is 5.82 Å². The third-order valence-corrected chi connectivity index (χ3v) is 7.89. The lowest BCUT2D eigenvalue weighted by Crippen LogP contribution is -2.33. The van der Waals surface area contributed by atoms with Crippen LogP contribution in [0.3, 0.4) is 0 Å². The van der Waals surface area contributed by atoms with Crippen molar-refractivity contribution < 1.29 is 18.7 Å². The van der Waals surface area contributed by atoms with Gasteiger partial charge in [0.05, 0.1) is 10.5 Å². The maximum atomic E-state index is 13.7. The second-order valence-corrected chi connectivity index (χ2v) is 10.0. The number of nitrogens with zero attached hydrogens (tertiary/aromatic N) is 1. The van der Waals surface area contributed by atoms with Gasteiger partial charge in [-0.1, -0.05) is 24.6 Å². The first-order valence-electron chi connectivity index (χ1n) is 11.9. The Morgan fingerprint density at radius 1 is 1.00 bits per heavy atom. The van der Waals surface area contributed by atoms with Gasteiger partial charge in [0.1, 0.15) is 24.1 Å². The molecule has 0 aromatic heterocycles. The Bertz CT molecular complexity index is 1360. The van der Waals surface area contributed by atoms with Crippen LogP contribution in [0.2, 0.25) is 0 Å². The van der Waals surface area contributed by atoms with E-state index in [-0.39, 0.29) is 16.9 Å². The largest absolute Gasteiger partial charge is 0.492 e. The molecule has 0 radical (unpaired) electrons. The van der Waals surface area contributed by atoms with Gasteiger partial charge in [0.25, 0.3) is 0 Å². The highest BCUT2D eigenvalue weighted by Crippen LogP contribution is 2.45. The molecular weight excluding hydrogens is 461 g/mol. The van der Waals surface area contributed by atoms with Gasteiger partial charge in [-0.25, -0.2) is 9.18 Å². The second-order valence-electron chi connectivity index (χ2n) is 8.88. The number of carbonyl (C=O) groups is 1. The molecule has 5 rings (SSSR count). The van der Waals surface area contributed by atoms with E-state index in [9.17, 15) is 14.0 Å². The molecule has 0 amide bonds. The highest BCUT2D eigenvalue weighted by molar-refractivity contribution is 8.00. The zero-order valence-electron chi connectivity index (χ0n) is 19.3. The molecule has 35 heavy (non-hydrogen) atoms. The second kappa shape index (κ2) is 10.6. The summed E-state index contributed by atoms with van der Waals surface area (Å²) in [5.74, 6) is 2.24. The van der Waals surface area contributed by atoms with Crippen molar-refractivity contribution >= 4 is 29.1 Å². The number of halogens is 1. The van der Waals surface area contributed by atoms with Gasteiger partial charge in [-0.15, -0.1) is 11.8 Å². The van der Waals surface area contributed by atoms with Crippen LogP contribution in [0.1, 0.15) is 40.4 Å². The summed E-state index contributed by atoms with van der Waals surface area (Å²) in [5.41, 5.74) is 2.04. The number of ketones is 1. The smallest absolute Gasteiger partial charge is 0.191 e. The zero-order chi connectivity index (χ0) is 24.2. The van der Waals surface area contributed by atoms with E-state index in [1.165, 1.54) is 43.2 Å².